The van der Waals surface area contributed by atoms with Crippen molar-refractivity contribution in [2.45, 2.75) is 0 Å². The molecule has 1 fully saturated rings. The number of rotatable bonds is 3. The highest BCUT2D eigenvalue weighted by Crippen LogP contribution is 2.28. The van der Waals surface area contributed by atoms with Crippen LogP contribution in [0.2, 0.25) is 0 Å². The molecule has 5 nitrogen and oxygen atoms in total. The number of nitrogens with zero attached hydrogens (tertiary/aromatic N) is 3. The van der Waals surface area contributed by atoms with E-state index in [9.17, 15) is 0 Å². The molecule has 0 radical (unpaired) electrons. The Balaban J connectivity index is 1.72. The maximum atomic E-state index is 5.44. The smallest absolute Gasteiger partial charge is 0.198 e. The van der Waals surface area contributed by atoms with Crippen molar-refractivity contribution in [3.63, 3.8) is 0 Å². The summed E-state index contributed by atoms with van der Waals surface area (Å²) in [7, 11) is 1.71. The Morgan fingerprint density at radius 2 is 1.81 bits per heavy atom. The van der Waals surface area contributed by atoms with Crippen LogP contribution >= 0.6 is 12.2 Å². The highest BCUT2D eigenvalue weighted by Gasteiger charge is 2.19. The Morgan fingerprint density at radius 1 is 1.10 bits per heavy atom. The standard InChI is InChI=1S/C15H18N4OS/c1-20-13-5-3-2-4-12(13)18-8-10-19(11-9-18)14-6-7-16-15(21)17-14/h2-7H,8-11H2,1H3,(H,16,17,21). The van der Waals surface area contributed by atoms with Crippen LogP contribution in [-0.2, 0) is 0 Å². The highest BCUT2D eigenvalue weighted by atomic mass is 32.1. The summed E-state index contributed by atoms with van der Waals surface area (Å²) in [5.41, 5.74) is 1.15. The topological polar surface area (TPSA) is 44.4 Å². The van der Waals surface area contributed by atoms with Gasteiger partial charge in [-0.2, -0.15) is 0 Å². The van der Waals surface area contributed by atoms with Gasteiger partial charge in [-0.05, 0) is 30.4 Å². The summed E-state index contributed by atoms with van der Waals surface area (Å²) in [5.74, 6) is 1.96. The summed E-state index contributed by atoms with van der Waals surface area (Å²) in [5, 5.41) is 0. The van der Waals surface area contributed by atoms with Gasteiger partial charge in [-0.3, -0.25) is 0 Å². The monoisotopic (exact) mass is 302 g/mol. The minimum atomic E-state index is 0.527. The Kier molecular flexibility index (Phi) is 4.06. The van der Waals surface area contributed by atoms with E-state index in [2.05, 4.69) is 25.8 Å². The van der Waals surface area contributed by atoms with Crippen molar-refractivity contribution in [2.24, 2.45) is 0 Å². The first-order valence-corrected chi connectivity index (χ1v) is 7.37. The Hall–Kier alpha value is -2.08. The van der Waals surface area contributed by atoms with Crippen LogP contribution in [0.1, 0.15) is 0 Å². The molecule has 0 bridgehead atoms. The molecule has 3 rings (SSSR count). The number of hydrogen-bond acceptors (Lipinski definition) is 5. The molecule has 1 N–H and O–H groups in total. The maximum absolute atomic E-state index is 5.44. The van der Waals surface area contributed by atoms with Gasteiger partial charge in [0.2, 0.25) is 0 Å². The fourth-order valence-corrected chi connectivity index (χ4v) is 2.79. The predicted molar refractivity (Wildman–Crippen MR) is 86.8 cm³/mol. The number of aromatic amines is 1. The third-order valence-electron chi connectivity index (χ3n) is 3.71. The second kappa shape index (κ2) is 6.13. The van der Waals surface area contributed by atoms with E-state index < -0.39 is 0 Å². The van der Waals surface area contributed by atoms with Gasteiger partial charge >= 0.3 is 0 Å². The van der Waals surface area contributed by atoms with E-state index in [1.807, 2.05) is 24.3 Å². The number of piperazine rings is 1. The molecular weight excluding hydrogens is 284 g/mol. The van der Waals surface area contributed by atoms with Crippen molar-refractivity contribution >= 4 is 23.7 Å². The van der Waals surface area contributed by atoms with E-state index in [0.29, 0.717) is 4.77 Å². The van der Waals surface area contributed by atoms with Crippen LogP contribution in [-0.4, -0.2) is 43.3 Å². The van der Waals surface area contributed by atoms with Crippen molar-refractivity contribution in [3.05, 3.63) is 41.3 Å². The van der Waals surface area contributed by atoms with Crippen LogP contribution in [0.4, 0.5) is 11.5 Å². The molecule has 1 aliphatic rings. The Morgan fingerprint density at radius 3 is 2.52 bits per heavy atom. The van der Waals surface area contributed by atoms with Crippen molar-refractivity contribution < 1.29 is 4.74 Å². The van der Waals surface area contributed by atoms with Crippen molar-refractivity contribution in [1.82, 2.24) is 9.97 Å². The van der Waals surface area contributed by atoms with E-state index >= 15 is 0 Å². The summed E-state index contributed by atoms with van der Waals surface area (Å²) in [6.07, 6.45) is 1.75. The molecule has 1 saturated heterocycles. The van der Waals surface area contributed by atoms with Crippen LogP contribution in [0, 0.1) is 4.77 Å². The minimum absolute atomic E-state index is 0.527. The number of nitrogens with one attached hydrogen (secondary N) is 1. The SMILES string of the molecule is COc1ccccc1N1CCN(c2ccnc(=S)[nH]2)CC1. The van der Waals surface area contributed by atoms with Crippen molar-refractivity contribution in [3.8, 4) is 5.75 Å². The molecule has 2 heterocycles. The van der Waals surface area contributed by atoms with Gasteiger partial charge in [0.05, 0.1) is 12.8 Å². The van der Waals surface area contributed by atoms with Crippen LogP contribution in [0.5, 0.6) is 5.75 Å². The fourth-order valence-electron chi connectivity index (χ4n) is 2.62. The van der Waals surface area contributed by atoms with Crippen LogP contribution < -0.4 is 14.5 Å². The van der Waals surface area contributed by atoms with Crippen molar-refractivity contribution in [2.75, 3.05) is 43.1 Å². The average molecular weight is 302 g/mol. The van der Waals surface area contributed by atoms with E-state index in [-0.39, 0.29) is 0 Å². The molecule has 0 atom stereocenters. The summed E-state index contributed by atoms with van der Waals surface area (Å²) in [6, 6.07) is 10.1. The molecule has 0 spiro atoms. The quantitative estimate of drug-likeness (QED) is 0.883. The molecular formula is C15H18N4OS. The maximum Gasteiger partial charge on any atom is 0.198 e. The average Bonchev–Trinajstić information content (AvgIpc) is 2.55. The van der Waals surface area contributed by atoms with Gasteiger partial charge < -0.3 is 19.5 Å². The lowest BCUT2D eigenvalue weighted by Gasteiger charge is -2.37. The lowest BCUT2D eigenvalue weighted by molar-refractivity contribution is 0.413. The normalized spacial score (nSPS) is 15.1. The van der Waals surface area contributed by atoms with Gasteiger partial charge in [-0.15, -0.1) is 0 Å². The fraction of sp³-hybridized carbons (Fsp3) is 0.333. The molecule has 1 aliphatic heterocycles. The zero-order valence-corrected chi connectivity index (χ0v) is 12.8. The summed E-state index contributed by atoms with van der Waals surface area (Å²) in [4.78, 5) is 11.8. The van der Waals surface area contributed by atoms with E-state index in [1.165, 1.54) is 0 Å². The first-order chi connectivity index (χ1) is 10.3. The van der Waals surface area contributed by atoms with Gasteiger partial charge in [0.15, 0.2) is 4.77 Å². The lowest BCUT2D eigenvalue weighted by atomic mass is 10.2. The number of anilines is 2. The molecule has 6 heteroatoms. The third kappa shape index (κ3) is 3.00. The number of aromatic nitrogens is 2. The number of H-pyrrole nitrogens is 1. The largest absolute Gasteiger partial charge is 0.495 e. The van der Waals surface area contributed by atoms with Gasteiger partial charge in [0.25, 0.3) is 0 Å². The summed E-state index contributed by atoms with van der Waals surface area (Å²) < 4.78 is 5.97. The second-order valence-corrected chi connectivity index (χ2v) is 5.29. The molecule has 2 aromatic rings. The third-order valence-corrected chi connectivity index (χ3v) is 3.91. The molecule has 1 aromatic heterocycles. The van der Waals surface area contributed by atoms with Gasteiger partial charge in [0, 0.05) is 32.4 Å². The first-order valence-electron chi connectivity index (χ1n) is 6.96. The number of ether oxygens (including phenoxy) is 1. The number of benzene rings is 1. The Labute approximate surface area is 129 Å². The number of hydrogen-bond donors (Lipinski definition) is 1. The summed E-state index contributed by atoms with van der Waals surface area (Å²) in [6.45, 7) is 3.77. The Bertz CT molecular complexity index is 664. The number of methoxy groups -OCH3 is 1. The van der Waals surface area contributed by atoms with Crippen LogP contribution in [0.25, 0.3) is 0 Å². The molecule has 0 amide bonds. The summed E-state index contributed by atoms with van der Waals surface area (Å²) >= 11 is 5.08. The van der Waals surface area contributed by atoms with Crippen LogP contribution in [0.15, 0.2) is 36.5 Å². The van der Waals surface area contributed by atoms with Gasteiger partial charge in [-0.1, -0.05) is 12.1 Å². The molecule has 1 aromatic carbocycles. The molecule has 0 saturated carbocycles. The van der Waals surface area contributed by atoms with Crippen molar-refractivity contribution in [1.29, 1.82) is 0 Å². The van der Waals surface area contributed by atoms with Gasteiger partial charge in [0.1, 0.15) is 11.6 Å². The first kappa shape index (κ1) is 13.9. The van der Waals surface area contributed by atoms with E-state index in [0.717, 1.165) is 43.4 Å². The van der Waals surface area contributed by atoms with E-state index in [4.69, 9.17) is 17.0 Å². The molecule has 110 valence electrons. The molecule has 0 unspecified atom stereocenters. The predicted octanol–water partition coefficient (Wildman–Crippen LogP) is 2.47. The minimum Gasteiger partial charge on any atom is -0.495 e. The van der Waals surface area contributed by atoms with Gasteiger partial charge in [-0.25, -0.2) is 4.98 Å². The molecule has 0 aliphatic carbocycles. The van der Waals surface area contributed by atoms with Crippen LogP contribution in [0.3, 0.4) is 0 Å². The molecule has 21 heavy (non-hydrogen) atoms. The zero-order valence-electron chi connectivity index (χ0n) is 12.0. The second-order valence-electron chi connectivity index (χ2n) is 4.91. The van der Waals surface area contributed by atoms with E-state index in [1.54, 1.807) is 13.3 Å². The lowest BCUT2D eigenvalue weighted by Crippen LogP contribution is -2.47. The number of para-hydroxylation sites is 2. The highest BCUT2D eigenvalue weighted by molar-refractivity contribution is 7.71. The zero-order chi connectivity index (χ0) is 14.7.